The minimum atomic E-state index is 0. The van der Waals surface area contributed by atoms with Gasteiger partial charge < -0.3 is 35.8 Å². The molecule has 167 valence electrons. The standard InChI is InChI=1S/C29H28N.2ClH.Zr/c1-30-25-16-7-6-14-23(25)26-27(21-12-4-5-13-22(21)28(26)30)29-17-9-8-15-24(29)20-11-3-2-10-19(20)18-29;;;/h2-7,10-14,16,18-20,24,27H,8-9,15,17H2,1H3;2*1H;/q-1;;;+3/p-2. The molecule has 7 rings (SSSR count). The number of allylic oxidation sites excluding steroid dienone is 4. The van der Waals surface area contributed by atoms with Crippen molar-refractivity contribution in [2.75, 3.05) is 0 Å². The van der Waals surface area contributed by atoms with Crippen LogP contribution in [0.5, 0.6) is 0 Å². The number of rotatable bonds is 1. The van der Waals surface area contributed by atoms with E-state index in [1.807, 2.05) is 0 Å². The zero-order chi connectivity index (χ0) is 19.9. The van der Waals surface area contributed by atoms with E-state index in [0.717, 1.165) is 5.92 Å². The predicted octanol–water partition coefficient (Wildman–Crippen LogP) is 1.05. The minimum Gasteiger partial charge on any atom is -1.00 e. The number of fused-ring (bicyclic) bond motifs is 8. The Kier molecular flexibility index (Phi) is 6.96. The van der Waals surface area contributed by atoms with Crippen LogP contribution in [0.2, 0.25) is 0 Å². The summed E-state index contributed by atoms with van der Waals surface area (Å²) in [5.74, 6) is 2.51. The molecule has 33 heavy (non-hydrogen) atoms. The Bertz CT molecular complexity index is 1240. The Morgan fingerprint density at radius 1 is 0.939 bits per heavy atom. The quantitative estimate of drug-likeness (QED) is 0.398. The van der Waals surface area contributed by atoms with Crippen LogP contribution in [0.1, 0.15) is 42.7 Å². The molecule has 2 aromatic carbocycles. The van der Waals surface area contributed by atoms with Crippen LogP contribution in [0.3, 0.4) is 0 Å². The molecule has 1 aromatic heterocycles. The van der Waals surface area contributed by atoms with E-state index in [4.69, 9.17) is 0 Å². The average molecular weight is 553 g/mol. The van der Waals surface area contributed by atoms with Gasteiger partial charge in [-0.1, -0.05) is 92.3 Å². The third kappa shape index (κ3) is 3.27. The van der Waals surface area contributed by atoms with Crippen molar-refractivity contribution in [2.45, 2.75) is 31.6 Å². The summed E-state index contributed by atoms with van der Waals surface area (Å²) in [6, 6.07) is 18.4. The van der Waals surface area contributed by atoms with Crippen molar-refractivity contribution in [1.29, 1.82) is 0 Å². The molecule has 4 aliphatic carbocycles. The smallest absolute Gasteiger partial charge is 1.00 e. The van der Waals surface area contributed by atoms with Crippen molar-refractivity contribution in [3.8, 4) is 11.3 Å². The van der Waals surface area contributed by atoms with E-state index in [2.05, 4.69) is 90.9 Å². The van der Waals surface area contributed by atoms with E-state index in [-0.39, 0.29) is 56.4 Å². The molecule has 0 amide bonds. The summed E-state index contributed by atoms with van der Waals surface area (Å²) in [6.45, 7) is 0. The minimum absolute atomic E-state index is 0. The zero-order valence-corrected chi connectivity index (χ0v) is 22.8. The van der Waals surface area contributed by atoms with E-state index in [1.54, 1.807) is 11.1 Å². The summed E-state index contributed by atoms with van der Waals surface area (Å²) in [6.07, 6.45) is 17.8. The van der Waals surface area contributed by atoms with Gasteiger partial charge in [-0.3, -0.25) is 0 Å². The van der Waals surface area contributed by atoms with Crippen LogP contribution >= 0.6 is 0 Å². The number of aryl methyl sites for hydroxylation is 1. The van der Waals surface area contributed by atoms with Gasteiger partial charge in [0.25, 0.3) is 0 Å². The van der Waals surface area contributed by atoms with Crippen molar-refractivity contribution in [1.82, 2.24) is 4.57 Å². The second-order valence-corrected chi connectivity index (χ2v) is 9.91. The maximum Gasteiger partial charge on any atom is 3.00 e. The molecular weight excluding hydrogens is 524 g/mol. The molecule has 0 aliphatic heterocycles. The van der Waals surface area contributed by atoms with Gasteiger partial charge in [0.15, 0.2) is 0 Å². The molecular formula is C29H28Cl2NZr. The molecule has 1 nitrogen and oxygen atoms in total. The molecule has 3 aromatic rings. The number of para-hydroxylation sites is 1. The van der Waals surface area contributed by atoms with Gasteiger partial charge in [0, 0.05) is 23.5 Å². The average Bonchev–Trinajstić information content (AvgIpc) is 3.41. The van der Waals surface area contributed by atoms with Crippen LogP contribution in [-0.2, 0) is 33.3 Å². The van der Waals surface area contributed by atoms with Gasteiger partial charge in [-0.25, -0.2) is 0 Å². The molecule has 2 saturated carbocycles. The van der Waals surface area contributed by atoms with Crippen molar-refractivity contribution in [3.63, 3.8) is 0 Å². The van der Waals surface area contributed by atoms with Crippen molar-refractivity contribution in [3.05, 3.63) is 90.4 Å². The fraction of sp³-hybridized carbons (Fsp3) is 0.345. The fourth-order valence-corrected chi connectivity index (χ4v) is 7.75. The van der Waals surface area contributed by atoms with E-state index in [9.17, 15) is 0 Å². The molecule has 1 radical (unpaired) electrons. The number of hydrogen-bond donors (Lipinski definition) is 0. The first-order valence-electron chi connectivity index (χ1n) is 11.7. The maximum absolute atomic E-state index is 2.81. The monoisotopic (exact) mass is 550 g/mol. The number of nitrogens with zero attached hydrogens (tertiary/aromatic N) is 1. The van der Waals surface area contributed by atoms with Gasteiger partial charge in [0.05, 0.1) is 5.69 Å². The fourth-order valence-electron chi connectivity index (χ4n) is 7.75. The predicted molar refractivity (Wildman–Crippen MR) is 124 cm³/mol. The summed E-state index contributed by atoms with van der Waals surface area (Å²) in [5, 5.41) is 1.46. The second-order valence-electron chi connectivity index (χ2n) is 9.91. The largest absolute Gasteiger partial charge is 3.00 e. The summed E-state index contributed by atoms with van der Waals surface area (Å²) in [4.78, 5) is 0. The van der Waals surface area contributed by atoms with Crippen LogP contribution in [0.25, 0.3) is 22.2 Å². The van der Waals surface area contributed by atoms with Gasteiger partial charge in [-0.15, -0.1) is 17.4 Å². The van der Waals surface area contributed by atoms with Gasteiger partial charge in [0.1, 0.15) is 0 Å². The van der Waals surface area contributed by atoms with Crippen LogP contribution in [0, 0.1) is 29.6 Å². The number of halogens is 2. The molecule has 4 heteroatoms. The summed E-state index contributed by atoms with van der Waals surface area (Å²) < 4.78 is 2.46. The topological polar surface area (TPSA) is 4.93 Å². The number of aromatic nitrogens is 1. The third-order valence-electron chi connectivity index (χ3n) is 8.75. The molecule has 0 saturated heterocycles. The maximum atomic E-state index is 2.81. The Labute approximate surface area is 228 Å². The molecule has 4 aliphatic rings. The number of hydrogen-bond acceptors (Lipinski definition) is 0. The summed E-state index contributed by atoms with van der Waals surface area (Å²) in [7, 11) is 2.26. The van der Waals surface area contributed by atoms with Crippen molar-refractivity contribution < 1.29 is 51.0 Å². The Balaban J connectivity index is 0.000000864. The first-order chi connectivity index (χ1) is 14.8. The summed E-state index contributed by atoms with van der Waals surface area (Å²) >= 11 is 0. The molecule has 0 spiro atoms. The van der Waals surface area contributed by atoms with Crippen molar-refractivity contribution >= 4 is 10.9 Å². The van der Waals surface area contributed by atoms with Gasteiger partial charge in [-0.05, 0) is 29.0 Å². The zero-order valence-electron chi connectivity index (χ0n) is 18.8. The van der Waals surface area contributed by atoms with E-state index >= 15 is 0 Å². The van der Waals surface area contributed by atoms with Crippen LogP contribution in [-0.4, -0.2) is 4.57 Å². The van der Waals surface area contributed by atoms with E-state index in [1.165, 1.54) is 47.8 Å². The molecule has 5 unspecified atom stereocenters. The van der Waals surface area contributed by atoms with E-state index < -0.39 is 0 Å². The van der Waals surface area contributed by atoms with E-state index in [0.29, 0.717) is 17.8 Å². The van der Waals surface area contributed by atoms with Crippen molar-refractivity contribution in [2.24, 2.45) is 30.2 Å². The number of benzene rings is 2. The van der Waals surface area contributed by atoms with Crippen LogP contribution < -0.4 is 24.8 Å². The van der Waals surface area contributed by atoms with Gasteiger partial charge in [0.2, 0.25) is 0 Å². The Hall–Kier alpha value is -1.08. The molecule has 2 fully saturated rings. The Morgan fingerprint density at radius 2 is 1.70 bits per heavy atom. The van der Waals surface area contributed by atoms with Crippen LogP contribution in [0.4, 0.5) is 0 Å². The molecule has 5 atom stereocenters. The van der Waals surface area contributed by atoms with Gasteiger partial charge >= 0.3 is 26.2 Å². The van der Waals surface area contributed by atoms with Gasteiger partial charge in [-0.2, -0.15) is 0 Å². The molecule has 0 N–H and O–H groups in total. The summed E-state index contributed by atoms with van der Waals surface area (Å²) in [5.41, 5.74) is 7.73. The first-order valence-corrected chi connectivity index (χ1v) is 11.7. The molecule has 1 heterocycles. The Morgan fingerprint density at radius 3 is 2.58 bits per heavy atom. The third-order valence-corrected chi connectivity index (χ3v) is 8.75. The normalized spacial score (nSPS) is 30.3. The SMILES string of the molecule is Cn1c2c(c3ccccc31)C(C13[CH-]C4C=CC=CC4C1CCCC3)c1ccccc1-2.[Cl-].[Cl-].[Zr+3]. The van der Waals surface area contributed by atoms with Crippen LogP contribution in [0.15, 0.2) is 72.8 Å². The second kappa shape index (κ2) is 9.18. The molecule has 0 bridgehead atoms. The first kappa shape index (κ1) is 25.0.